The maximum Gasteiger partial charge on any atom is 0.283 e. The summed E-state index contributed by atoms with van der Waals surface area (Å²) in [5.74, 6) is 0.281. The molecule has 35 heavy (non-hydrogen) atoms. The quantitative estimate of drug-likeness (QED) is 0.469. The van der Waals surface area contributed by atoms with Gasteiger partial charge in [0.2, 0.25) is 5.03 Å². The van der Waals surface area contributed by atoms with E-state index in [-0.39, 0.29) is 23.7 Å². The topological polar surface area (TPSA) is 103 Å². The molecule has 0 aliphatic carbocycles. The lowest BCUT2D eigenvalue weighted by molar-refractivity contribution is 0.0938. The fourth-order valence-electron chi connectivity index (χ4n) is 4.32. The Labute approximate surface area is 206 Å². The lowest BCUT2D eigenvalue weighted by atomic mass is 10.2. The van der Waals surface area contributed by atoms with Crippen LogP contribution in [0.5, 0.6) is 5.75 Å². The van der Waals surface area contributed by atoms with E-state index in [0.717, 1.165) is 17.9 Å². The fourth-order valence-corrected chi connectivity index (χ4v) is 5.84. The summed E-state index contributed by atoms with van der Waals surface area (Å²) in [4.78, 5) is 15.4. The fraction of sp³-hybridized carbons (Fsp3) is 0.458. The molecule has 3 aromatic rings. The molecule has 1 aliphatic rings. The summed E-state index contributed by atoms with van der Waals surface area (Å²) in [6.45, 7) is 10.1. The molecule has 1 fully saturated rings. The highest BCUT2D eigenvalue weighted by molar-refractivity contribution is 7.89. The number of hydrogen-bond donors (Lipinski definition) is 0. The molecule has 1 saturated heterocycles. The first-order chi connectivity index (χ1) is 16.8. The number of para-hydroxylation sites is 2. The van der Waals surface area contributed by atoms with Gasteiger partial charge in [-0.1, -0.05) is 19.1 Å². The molecule has 1 aromatic carbocycles. The molecule has 0 radical (unpaired) electrons. The molecule has 0 N–H and O–H groups in total. The van der Waals surface area contributed by atoms with E-state index in [1.54, 1.807) is 19.9 Å². The van der Waals surface area contributed by atoms with Crippen molar-refractivity contribution < 1.29 is 17.9 Å². The van der Waals surface area contributed by atoms with E-state index < -0.39 is 15.9 Å². The predicted octanol–water partition coefficient (Wildman–Crippen LogP) is 2.70. The number of benzene rings is 1. The van der Waals surface area contributed by atoms with Crippen LogP contribution in [0.1, 0.15) is 42.0 Å². The lowest BCUT2D eigenvalue weighted by Crippen LogP contribution is -2.49. The van der Waals surface area contributed by atoms with E-state index in [9.17, 15) is 13.2 Å². The number of carbonyl (C=O) groups is 1. The van der Waals surface area contributed by atoms with Crippen molar-refractivity contribution in [2.45, 2.75) is 45.7 Å². The number of hydrogen-bond acceptors (Lipinski definition) is 7. The Morgan fingerprint density at radius 3 is 2.40 bits per heavy atom. The van der Waals surface area contributed by atoms with Gasteiger partial charge in [-0.3, -0.25) is 9.48 Å². The third kappa shape index (κ3) is 4.96. The van der Waals surface area contributed by atoms with Crippen LogP contribution in [0.25, 0.3) is 0 Å². The predicted molar refractivity (Wildman–Crippen MR) is 133 cm³/mol. The van der Waals surface area contributed by atoms with Crippen molar-refractivity contribution in [1.82, 2.24) is 23.9 Å². The van der Waals surface area contributed by atoms with Crippen LogP contribution >= 0.6 is 0 Å². The van der Waals surface area contributed by atoms with Crippen LogP contribution in [-0.2, 0) is 16.6 Å². The van der Waals surface area contributed by atoms with Gasteiger partial charge >= 0.3 is 0 Å². The second kappa shape index (κ2) is 10.2. The molecule has 0 saturated carbocycles. The number of piperazine rings is 1. The zero-order valence-electron chi connectivity index (χ0n) is 20.6. The van der Waals surface area contributed by atoms with Crippen LogP contribution in [0.4, 0.5) is 5.69 Å². The summed E-state index contributed by atoms with van der Waals surface area (Å²) in [5, 5.41) is 8.37. The molecule has 1 aliphatic heterocycles. The summed E-state index contributed by atoms with van der Waals surface area (Å²) >= 11 is 0. The average molecular weight is 501 g/mol. The number of anilines is 1. The highest BCUT2D eigenvalue weighted by Gasteiger charge is 2.36. The van der Waals surface area contributed by atoms with Crippen LogP contribution < -0.4 is 9.64 Å². The summed E-state index contributed by atoms with van der Waals surface area (Å²) in [6, 6.07) is 9.54. The largest absolute Gasteiger partial charge is 0.492 e. The zero-order valence-corrected chi connectivity index (χ0v) is 21.5. The summed E-state index contributed by atoms with van der Waals surface area (Å²) in [7, 11) is -3.99. The van der Waals surface area contributed by atoms with Crippen LogP contribution in [0.3, 0.4) is 0 Å². The van der Waals surface area contributed by atoms with Gasteiger partial charge in [0, 0.05) is 44.6 Å². The molecule has 2 aromatic heterocycles. The smallest absolute Gasteiger partial charge is 0.283 e. The molecule has 0 spiro atoms. The minimum Gasteiger partial charge on any atom is -0.492 e. The number of nitrogens with zero attached hydrogens (tertiary/aromatic N) is 6. The van der Waals surface area contributed by atoms with Crippen molar-refractivity contribution >= 4 is 21.6 Å². The number of aromatic nitrogens is 4. The minimum atomic E-state index is -3.99. The minimum absolute atomic E-state index is 0.0359. The van der Waals surface area contributed by atoms with Crippen molar-refractivity contribution in [3.05, 3.63) is 53.5 Å². The number of sulfonamides is 1. The molecule has 4 rings (SSSR count). The second-order valence-electron chi connectivity index (χ2n) is 8.55. The summed E-state index contributed by atoms with van der Waals surface area (Å²) in [5.41, 5.74) is 2.30. The van der Waals surface area contributed by atoms with Crippen molar-refractivity contribution in [3.63, 3.8) is 0 Å². The Balaban J connectivity index is 1.61. The maximum absolute atomic E-state index is 13.7. The number of carbonyl (C=O) groups excluding carboxylic acids is 1. The van der Waals surface area contributed by atoms with Gasteiger partial charge in [-0.25, -0.2) is 13.1 Å². The van der Waals surface area contributed by atoms with E-state index in [1.807, 2.05) is 38.1 Å². The molecule has 10 nitrogen and oxygen atoms in total. The Morgan fingerprint density at radius 1 is 1.06 bits per heavy atom. The van der Waals surface area contributed by atoms with E-state index in [4.69, 9.17) is 4.74 Å². The summed E-state index contributed by atoms with van der Waals surface area (Å²) < 4.78 is 37.3. The highest BCUT2D eigenvalue weighted by Crippen LogP contribution is 2.30. The Hall–Kier alpha value is -3.18. The normalized spacial score (nSPS) is 14.9. The number of aryl methyl sites for hydroxylation is 3. The SMILES string of the molecule is CCCn1cc(C(=O)n2nc(C)cc2C)c(S(=O)(=O)N2CCN(c3ccccc3OCC)CC2)n1. The maximum atomic E-state index is 13.7. The molecule has 3 heterocycles. The van der Waals surface area contributed by atoms with Gasteiger partial charge in [0.1, 0.15) is 11.3 Å². The molecule has 0 bridgehead atoms. The van der Waals surface area contributed by atoms with Gasteiger partial charge in [0.25, 0.3) is 15.9 Å². The lowest BCUT2D eigenvalue weighted by Gasteiger charge is -2.35. The van der Waals surface area contributed by atoms with Crippen LogP contribution in [-0.4, -0.2) is 71.0 Å². The molecule has 11 heteroatoms. The van der Waals surface area contributed by atoms with Gasteiger partial charge < -0.3 is 9.64 Å². The monoisotopic (exact) mass is 500 g/mol. The highest BCUT2D eigenvalue weighted by atomic mass is 32.2. The average Bonchev–Trinajstić information content (AvgIpc) is 3.42. The van der Waals surface area contributed by atoms with Crippen molar-refractivity contribution in [2.24, 2.45) is 0 Å². The van der Waals surface area contributed by atoms with Crippen molar-refractivity contribution in [3.8, 4) is 5.75 Å². The summed E-state index contributed by atoms with van der Waals surface area (Å²) in [6.07, 6.45) is 2.27. The van der Waals surface area contributed by atoms with Gasteiger partial charge in [-0.15, -0.1) is 0 Å². The first-order valence-corrected chi connectivity index (χ1v) is 13.3. The molecule has 0 atom stereocenters. The number of rotatable bonds is 8. The zero-order chi connectivity index (χ0) is 25.2. The third-order valence-corrected chi connectivity index (χ3v) is 7.78. The van der Waals surface area contributed by atoms with Gasteiger partial charge in [-0.05, 0) is 45.4 Å². The molecule has 188 valence electrons. The van der Waals surface area contributed by atoms with E-state index in [0.29, 0.717) is 37.6 Å². The van der Waals surface area contributed by atoms with E-state index in [1.165, 1.54) is 19.9 Å². The van der Waals surface area contributed by atoms with E-state index >= 15 is 0 Å². The van der Waals surface area contributed by atoms with Crippen LogP contribution in [0, 0.1) is 13.8 Å². The van der Waals surface area contributed by atoms with Gasteiger partial charge in [0.15, 0.2) is 0 Å². The molecule has 0 unspecified atom stereocenters. The van der Waals surface area contributed by atoms with Crippen molar-refractivity contribution in [1.29, 1.82) is 0 Å². The second-order valence-corrected chi connectivity index (χ2v) is 10.4. The standard InChI is InChI=1S/C24H32N6O4S/c1-5-11-28-17-20(24(31)30-19(4)16-18(3)25-30)23(26-28)35(32,33)29-14-12-27(13-15-29)21-9-7-8-10-22(21)34-6-2/h7-10,16-17H,5-6,11-15H2,1-4H3. The Kier molecular flexibility index (Phi) is 7.27. The Morgan fingerprint density at radius 2 is 1.77 bits per heavy atom. The van der Waals surface area contributed by atoms with E-state index in [2.05, 4.69) is 15.1 Å². The Bertz CT molecular complexity index is 1310. The molecular weight excluding hydrogens is 468 g/mol. The van der Waals surface area contributed by atoms with Gasteiger partial charge in [-0.2, -0.15) is 14.5 Å². The number of ether oxygens (including phenoxy) is 1. The van der Waals surface area contributed by atoms with Crippen molar-refractivity contribution in [2.75, 3.05) is 37.7 Å². The van der Waals surface area contributed by atoms with Crippen LogP contribution in [0.15, 0.2) is 41.6 Å². The molecular formula is C24H32N6O4S. The molecule has 0 amide bonds. The first kappa shape index (κ1) is 24.9. The third-order valence-electron chi connectivity index (χ3n) is 5.94. The first-order valence-electron chi connectivity index (χ1n) is 11.9. The van der Waals surface area contributed by atoms with Gasteiger partial charge in [0.05, 0.1) is 18.0 Å². The van der Waals surface area contributed by atoms with Crippen LogP contribution in [0.2, 0.25) is 0 Å².